The summed E-state index contributed by atoms with van der Waals surface area (Å²) in [6, 6.07) is 0. The van der Waals surface area contributed by atoms with Gasteiger partial charge in [-0.3, -0.25) is 0 Å². The number of halogens is 3. The summed E-state index contributed by atoms with van der Waals surface area (Å²) < 4.78 is 27.7. The fourth-order valence-corrected chi connectivity index (χ4v) is 0.363. The third-order valence-corrected chi connectivity index (χ3v) is 0.874. The van der Waals surface area contributed by atoms with Gasteiger partial charge in [0.15, 0.2) is 0 Å². The van der Waals surface area contributed by atoms with Gasteiger partial charge in [0.25, 0.3) is 0 Å². The number of allylic oxidation sites excluding steroid dienone is 1. The Morgan fingerprint density at radius 3 is 2.50 bits per heavy atom. The van der Waals surface area contributed by atoms with Crippen LogP contribution in [0.5, 0.6) is 0 Å². The standard InChI is InChI=1S/C5H5BrF2O2/c1-10-4(9)2-3-5(6,7)8/h2-3H,1H3/b3-2+. The molecule has 10 heavy (non-hydrogen) atoms. The fraction of sp³-hybridized carbons (Fsp3) is 0.400. The first-order valence-electron chi connectivity index (χ1n) is 2.29. The number of ether oxygens (including phenoxy) is 1. The number of rotatable bonds is 2. The van der Waals surface area contributed by atoms with E-state index < -0.39 is 10.8 Å². The molecule has 0 fully saturated rings. The van der Waals surface area contributed by atoms with Crippen LogP contribution in [-0.2, 0) is 9.53 Å². The molecule has 0 aromatic carbocycles. The van der Waals surface area contributed by atoms with Crippen LogP contribution in [0, 0.1) is 0 Å². The highest BCUT2D eigenvalue weighted by atomic mass is 79.9. The van der Waals surface area contributed by atoms with Crippen molar-refractivity contribution in [2.45, 2.75) is 4.83 Å². The lowest BCUT2D eigenvalue weighted by Crippen LogP contribution is -2.01. The van der Waals surface area contributed by atoms with E-state index in [0.29, 0.717) is 12.2 Å². The predicted molar refractivity (Wildman–Crippen MR) is 35.0 cm³/mol. The number of carbonyl (C=O) groups is 1. The van der Waals surface area contributed by atoms with Crippen LogP contribution in [0.25, 0.3) is 0 Å². The van der Waals surface area contributed by atoms with E-state index in [1.807, 2.05) is 15.9 Å². The molecular weight excluding hydrogens is 210 g/mol. The molecule has 0 radical (unpaired) electrons. The molecule has 0 bridgehead atoms. The van der Waals surface area contributed by atoms with Crippen molar-refractivity contribution in [1.29, 1.82) is 0 Å². The SMILES string of the molecule is COC(=O)/C=C/C(F)(F)Br. The van der Waals surface area contributed by atoms with E-state index in [-0.39, 0.29) is 0 Å². The molecule has 0 N–H and O–H groups in total. The van der Waals surface area contributed by atoms with Crippen LogP contribution >= 0.6 is 15.9 Å². The monoisotopic (exact) mass is 214 g/mol. The van der Waals surface area contributed by atoms with E-state index >= 15 is 0 Å². The Balaban J connectivity index is 3.88. The van der Waals surface area contributed by atoms with Gasteiger partial charge in [-0.05, 0) is 15.9 Å². The third-order valence-electron chi connectivity index (χ3n) is 0.610. The second kappa shape index (κ2) is 3.65. The summed E-state index contributed by atoms with van der Waals surface area (Å²) in [6.45, 7) is 0. The van der Waals surface area contributed by atoms with Crippen molar-refractivity contribution < 1.29 is 18.3 Å². The van der Waals surface area contributed by atoms with Gasteiger partial charge in [0.1, 0.15) is 0 Å². The van der Waals surface area contributed by atoms with Gasteiger partial charge in [-0.25, -0.2) is 4.79 Å². The van der Waals surface area contributed by atoms with Crippen molar-refractivity contribution >= 4 is 21.9 Å². The smallest absolute Gasteiger partial charge is 0.330 e. The molecule has 0 spiro atoms. The molecule has 5 heteroatoms. The van der Waals surface area contributed by atoms with Crippen molar-refractivity contribution in [2.24, 2.45) is 0 Å². The summed E-state index contributed by atoms with van der Waals surface area (Å²) in [6.07, 6.45) is 1.05. The number of methoxy groups -OCH3 is 1. The molecule has 0 aliphatic carbocycles. The Kier molecular flexibility index (Phi) is 3.49. The first-order chi connectivity index (χ1) is 4.45. The Bertz CT molecular complexity index is 150. The quantitative estimate of drug-likeness (QED) is 0.398. The van der Waals surface area contributed by atoms with Crippen molar-refractivity contribution in [1.82, 2.24) is 0 Å². The average molecular weight is 215 g/mol. The Labute approximate surface area is 65.0 Å². The highest BCUT2D eigenvalue weighted by molar-refractivity contribution is 9.10. The van der Waals surface area contributed by atoms with E-state index in [9.17, 15) is 13.6 Å². The molecule has 0 aromatic rings. The second-order valence-corrected chi connectivity index (χ2v) is 2.46. The molecule has 0 aliphatic heterocycles. The van der Waals surface area contributed by atoms with Crippen molar-refractivity contribution in [2.75, 3.05) is 7.11 Å². The summed E-state index contributed by atoms with van der Waals surface area (Å²) in [5, 5.41) is 0. The second-order valence-electron chi connectivity index (χ2n) is 1.40. The molecule has 0 atom stereocenters. The van der Waals surface area contributed by atoms with E-state index in [4.69, 9.17) is 0 Å². The summed E-state index contributed by atoms with van der Waals surface area (Å²) >= 11 is 2.01. The van der Waals surface area contributed by atoms with E-state index in [0.717, 1.165) is 7.11 Å². The van der Waals surface area contributed by atoms with E-state index in [1.54, 1.807) is 0 Å². The largest absolute Gasteiger partial charge is 0.466 e. The van der Waals surface area contributed by atoms with Gasteiger partial charge < -0.3 is 4.74 Å². The summed E-state index contributed by atoms with van der Waals surface area (Å²) in [5.74, 6) is -0.806. The minimum Gasteiger partial charge on any atom is -0.466 e. The highest BCUT2D eigenvalue weighted by Crippen LogP contribution is 2.22. The summed E-state index contributed by atoms with van der Waals surface area (Å²) in [5.41, 5.74) is 0. The molecule has 0 heterocycles. The minimum atomic E-state index is -3.14. The third kappa shape index (κ3) is 5.68. The lowest BCUT2D eigenvalue weighted by molar-refractivity contribution is -0.134. The molecule has 58 valence electrons. The summed E-state index contributed by atoms with van der Waals surface area (Å²) in [4.78, 5) is 7.06. The maximum atomic E-state index is 11.8. The van der Waals surface area contributed by atoms with Crippen LogP contribution in [-0.4, -0.2) is 17.9 Å². The summed E-state index contributed by atoms with van der Waals surface area (Å²) in [7, 11) is 1.11. The lowest BCUT2D eigenvalue weighted by Gasteiger charge is -1.97. The van der Waals surface area contributed by atoms with Crippen LogP contribution in [0.4, 0.5) is 8.78 Å². The average Bonchev–Trinajstić information content (AvgIpc) is 1.81. The molecule has 0 unspecified atom stereocenters. The lowest BCUT2D eigenvalue weighted by atomic mass is 10.5. The van der Waals surface area contributed by atoms with Gasteiger partial charge >= 0.3 is 10.8 Å². The topological polar surface area (TPSA) is 26.3 Å². The molecular formula is C5H5BrF2O2. The van der Waals surface area contributed by atoms with Gasteiger partial charge in [0.2, 0.25) is 0 Å². The van der Waals surface area contributed by atoms with E-state index in [1.165, 1.54) is 0 Å². The van der Waals surface area contributed by atoms with Gasteiger partial charge in [-0.15, -0.1) is 0 Å². The first kappa shape index (κ1) is 9.55. The van der Waals surface area contributed by atoms with Crippen LogP contribution < -0.4 is 0 Å². The van der Waals surface area contributed by atoms with Gasteiger partial charge in [0.05, 0.1) is 7.11 Å². The van der Waals surface area contributed by atoms with Crippen molar-refractivity contribution in [3.8, 4) is 0 Å². The molecule has 2 nitrogen and oxygen atoms in total. The molecule has 0 aliphatic rings. The fourth-order valence-electron chi connectivity index (χ4n) is 0.231. The number of carbonyl (C=O) groups excluding carboxylic acids is 1. The minimum absolute atomic E-state index is 0.402. The first-order valence-corrected chi connectivity index (χ1v) is 3.09. The maximum Gasteiger partial charge on any atom is 0.330 e. The Morgan fingerprint density at radius 2 is 2.20 bits per heavy atom. The van der Waals surface area contributed by atoms with Crippen molar-refractivity contribution in [3.05, 3.63) is 12.2 Å². The number of hydrogen-bond acceptors (Lipinski definition) is 2. The highest BCUT2D eigenvalue weighted by Gasteiger charge is 2.18. The van der Waals surface area contributed by atoms with Crippen LogP contribution in [0.15, 0.2) is 12.2 Å². The van der Waals surface area contributed by atoms with Crippen molar-refractivity contribution in [3.63, 3.8) is 0 Å². The van der Waals surface area contributed by atoms with Crippen LogP contribution in [0.2, 0.25) is 0 Å². The van der Waals surface area contributed by atoms with Gasteiger partial charge in [0, 0.05) is 12.2 Å². The molecule has 0 rings (SSSR count). The number of esters is 1. The van der Waals surface area contributed by atoms with Gasteiger partial charge in [-0.1, -0.05) is 0 Å². The molecule has 0 aromatic heterocycles. The molecule has 0 saturated heterocycles. The molecule has 0 saturated carbocycles. The Hall–Kier alpha value is -0.450. The van der Waals surface area contributed by atoms with Gasteiger partial charge in [-0.2, -0.15) is 8.78 Å². The number of alkyl halides is 3. The normalized spacial score (nSPS) is 12.0. The maximum absolute atomic E-state index is 11.8. The van der Waals surface area contributed by atoms with Crippen LogP contribution in [0.3, 0.4) is 0 Å². The molecule has 0 amide bonds. The zero-order valence-electron chi connectivity index (χ0n) is 5.11. The Morgan fingerprint density at radius 1 is 1.70 bits per heavy atom. The van der Waals surface area contributed by atoms with E-state index in [2.05, 4.69) is 4.74 Å². The van der Waals surface area contributed by atoms with Crippen LogP contribution in [0.1, 0.15) is 0 Å². The zero-order chi connectivity index (χ0) is 8.20. The predicted octanol–water partition coefficient (Wildman–Crippen LogP) is 1.70. The zero-order valence-corrected chi connectivity index (χ0v) is 6.69. The number of hydrogen-bond donors (Lipinski definition) is 0.